The fourth-order valence-corrected chi connectivity index (χ4v) is 2.93. The van der Waals surface area contributed by atoms with E-state index in [-0.39, 0.29) is 12.8 Å². The number of aliphatic hydroxyl groups is 2. The molecule has 0 aromatic heterocycles. The van der Waals surface area contributed by atoms with Gasteiger partial charge in [0.1, 0.15) is 18.5 Å². The van der Waals surface area contributed by atoms with Gasteiger partial charge in [0, 0.05) is 16.3 Å². The molecule has 0 aliphatic carbocycles. The number of nitrogens with zero attached hydrogens (tertiary/aromatic N) is 2. The molecule has 0 rings (SSSR count). The first-order valence-electron chi connectivity index (χ1n) is 10.2. The first kappa shape index (κ1) is 26.9. The average molecular weight is 414 g/mol. The third kappa shape index (κ3) is 12.8. The van der Waals surface area contributed by atoms with Crippen molar-refractivity contribution in [3.05, 3.63) is 44.5 Å². The van der Waals surface area contributed by atoms with E-state index < -0.39 is 40.6 Å². The topological polar surface area (TPSA) is 144 Å². The smallest absolute Gasteiger partial charge is 0.245 e. The van der Waals surface area contributed by atoms with Crippen LogP contribution < -0.4 is 0 Å². The summed E-state index contributed by atoms with van der Waals surface area (Å²) in [6.45, 7) is 1.88. The Kier molecular flexibility index (Phi) is 15.6. The van der Waals surface area contributed by atoms with Gasteiger partial charge in [0.2, 0.25) is 12.1 Å². The first-order chi connectivity index (χ1) is 13.8. The van der Waals surface area contributed by atoms with Crippen LogP contribution in [0.2, 0.25) is 0 Å². The lowest BCUT2D eigenvalue weighted by Crippen LogP contribution is -2.43. The predicted octanol–water partition coefficient (Wildman–Crippen LogP) is 3.23. The Morgan fingerprint density at radius 2 is 1.28 bits per heavy atom. The second kappa shape index (κ2) is 16.8. The summed E-state index contributed by atoms with van der Waals surface area (Å²) in [5, 5.41) is 42.8. The van der Waals surface area contributed by atoms with Gasteiger partial charge in [-0.2, -0.15) is 0 Å². The number of unbranched alkanes of at least 4 members (excludes halogenated alkanes) is 5. The summed E-state index contributed by atoms with van der Waals surface area (Å²) < 4.78 is 0. The Bertz CT molecular complexity index is 537. The van der Waals surface area contributed by atoms with E-state index in [9.17, 15) is 35.2 Å². The van der Waals surface area contributed by atoms with Crippen molar-refractivity contribution in [3.8, 4) is 0 Å². The quantitative estimate of drug-likeness (QED) is 0.115. The Morgan fingerprint density at radius 1 is 0.793 bits per heavy atom. The van der Waals surface area contributed by atoms with Crippen LogP contribution in [0.3, 0.4) is 0 Å². The van der Waals surface area contributed by atoms with Gasteiger partial charge in [-0.25, -0.2) is 0 Å². The third-order valence-electron chi connectivity index (χ3n) is 4.68. The maximum atomic E-state index is 11.3. The number of carbonyl (C=O) groups excluding carboxylic acids is 1. The minimum absolute atomic E-state index is 0.0209. The van der Waals surface area contributed by atoms with E-state index in [1.807, 2.05) is 13.0 Å². The highest BCUT2D eigenvalue weighted by molar-refractivity contribution is 5.48. The maximum absolute atomic E-state index is 11.3. The van der Waals surface area contributed by atoms with Gasteiger partial charge in [0.05, 0.1) is 6.42 Å². The van der Waals surface area contributed by atoms with E-state index in [0.717, 1.165) is 44.8 Å². The molecule has 0 spiro atoms. The van der Waals surface area contributed by atoms with Crippen LogP contribution in [0.4, 0.5) is 0 Å². The molecule has 0 aliphatic heterocycles. The number of rotatable bonds is 18. The SMILES string of the molecule is CC/C=C\CC(O)C(CC(C(O)C/C=C\CCCCCCC=O)[N+](=O)[O-])[N+](=O)[O-]. The molecule has 0 saturated carbocycles. The van der Waals surface area contributed by atoms with Crippen LogP contribution in [0.1, 0.15) is 71.1 Å². The molecule has 9 nitrogen and oxygen atoms in total. The lowest BCUT2D eigenvalue weighted by molar-refractivity contribution is -0.573. The molecule has 4 unspecified atom stereocenters. The molecule has 0 amide bonds. The van der Waals surface area contributed by atoms with E-state index in [0.29, 0.717) is 6.42 Å². The molecule has 0 bridgehead atoms. The van der Waals surface area contributed by atoms with E-state index in [4.69, 9.17) is 0 Å². The zero-order valence-corrected chi connectivity index (χ0v) is 17.1. The average Bonchev–Trinajstić information content (AvgIpc) is 2.66. The zero-order valence-electron chi connectivity index (χ0n) is 17.1. The summed E-state index contributed by atoms with van der Waals surface area (Å²) in [7, 11) is 0. The van der Waals surface area contributed by atoms with Crippen LogP contribution >= 0.6 is 0 Å². The summed E-state index contributed by atoms with van der Waals surface area (Å²) >= 11 is 0. The van der Waals surface area contributed by atoms with Gasteiger partial charge in [0.15, 0.2) is 0 Å². The standard InChI is InChI=1S/C20H34N2O7/c1-2-3-10-13-19(24)17(21(26)27)16-18(22(28)29)20(25)14-11-8-6-4-5-7-9-12-15-23/h3,8,10-11,15,17-20,24-25H,2,4-7,9,12-14,16H2,1H3/b10-3-,11-8-. The van der Waals surface area contributed by atoms with Crippen molar-refractivity contribution in [2.24, 2.45) is 0 Å². The van der Waals surface area contributed by atoms with Crippen molar-refractivity contribution in [2.45, 2.75) is 95.4 Å². The Balaban J connectivity index is 4.59. The van der Waals surface area contributed by atoms with E-state index in [1.165, 1.54) is 0 Å². The van der Waals surface area contributed by atoms with Crippen LogP contribution in [-0.2, 0) is 4.79 Å². The lowest BCUT2D eigenvalue weighted by Gasteiger charge is -2.19. The van der Waals surface area contributed by atoms with Crippen molar-refractivity contribution in [2.75, 3.05) is 0 Å². The maximum Gasteiger partial charge on any atom is 0.245 e. The number of aliphatic hydroxyl groups excluding tert-OH is 2. The molecule has 0 heterocycles. The summed E-state index contributed by atoms with van der Waals surface area (Å²) in [5.41, 5.74) is 0. The summed E-state index contributed by atoms with van der Waals surface area (Å²) in [6.07, 6.45) is 10.3. The highest BCUT2D eigenvalue weighted by Crippen LogP contribution is 2.17. The molecule has 0 aliphatic rings. The monoisotopic (exact) mass is 414 g/mol. The molecule has 166 valence electrons. The second-order valence-corrected chi connectivity index (χ2v) is 7.06. The number of carbonyl (C=O) groups is 1. The molecular weight excluding hydrogens is 380 g/mol. The van der Waals surface area contributed by atoms with E-state index in [1.54, 1.807) is 18.2 Å². The Hall–Kier alpha value is -2.13. The number of hydrogen-bond donors (Lipinski definition) is 2. The van der Waals surface area contributed by atoms with Crippen molar-refractivity contribution >= 4 is 6.29 Å². The normalized spacial score (nSPS) is 16.0. The molecule has 29 heavy (non-hydrogen) atoms. The number of hydrogen-bond acceptors (Lipinski definition) is 7. The molecular formula is C20H34N2O7. The van der Waals surface area contributed by atoms with Crippen molar-refractivity contribution in [3.63, 3.8) is 0 Å². The van der Waals surface area contributed by atoms with Crippen molar-refractivity contribution in [1.82, 2.24) is 0 Å². The number of nitro groups is 2. The van der Waals surface area contributed by atoms with Crippen LogP contribution in [0.15, 0.2) is 24.3 Å². The highest BCUT2D eigenvalue weighted by Gasteiger charge is 2.40. The molecule has 0 saturated heterocycles. The molecule has 4 atom stereocenters. The zero-order chi connectivity index (χ0) is 22.1. The third-order valence-corrected chi connectivity index (χ3v) is 4.68. The molecule has 2 N–H and O–H groups in total. The van der Waals surface area contributed by atoms with E-state index >= 15 is 0 Å². The summed E-state index contributed by atoms with van der Waals surface area (Å²) in [6, 6.07) is -3.04. The highest BCUT2D eigenvalue weighted by atomic mass is 16.6. The van der Waals surface area contributed by atoms with Crippen molar-refractivity contribution in [1.29, 1.82) is 0 Å². The van der Waals surface area contributed by atoms with Crippen LogP contribution in [0.25, 0.3) is 0 Å². The predicted molar refractivity (Wildman–Crippen MR) is 110 cm³/mol. The first-order valence-corrected chi connectivity index (χ1v) is 10.2. The number of aldehydes is 1. The minimum Gasteiger partial charge on any atom is -0.386 e. The van der Waals surface area contributed by atoms with Gasteiger partial charge in [-0.15, -0.1) is 0 Å². The Labute approximate surface area is 171 Å². The van der Waals surface area contributed by atoms with Crippen LogP contribution in [-0.4, -0.2) is 50.6 Å². The fourth-order valence-electron chi connectivity index (χ4n) is 2.93. The summed E-state index contributed by atoms with van der Waals surface area (Å²) in [5.74, 6) is 0. The number of allylic oxidation sites excluding steroid dienone is 2. The van der Waals surface area contributed by atoms with Gasteiger partial charge in [0.25, 0.3) is 0 Å². The molecule has 0 radical (unpaired) electrons. The van der Waals surface area contributed by atoms with Crippen LogP contribution in [0.5, 0.6) is 0 Å². The minimum atomic E-state index is -1.52. The summed E-state index contributed by atoms with van der Waals surface area (Å²) in [4.78, 5) is 31.4. The van der Waals surface area contributed by atoms with Gasteiger partial charge < -0.3 is 15.0 Å². The van der Waals surface area contributed by atoms with Gasteiger partial charge in [-0.05, 0) is 38.5 Å². The Morgan fingerprint density at radius 3 is 1.72 bits per heavy atom. The van der Waals surface area contributed by atoms with E-state index in [2.05, 4.69) is 0 Å². The van der Waals surface area contributed by atoms with Gasteiger partial charge in [-0.1, -0.05) is 44.1 Å². The largest absolute Gasteiger partial charge is 0.386 e. The molecule has 9 heteroatoms. The molecule has 0 fully saturated rings. The van der Waals surface area contributed by atoms with Gasteiger partial charge >= 0.3 is 0 Å². The second-order valence-electron chi connectivity index (χ2n) is 7.06. The molecule has 0 aromatic rings. The lowest BCUT2D eigenvalue weighted by atomic mass is 9.95. The van der Waals surface area contributed by atoms with Crippen LogP contribution in [0, 0.1) is 20.2 Å². The molecule has 0 aromatic carbocycles. The van der Waals surface area contributed by atoms with Crippen molar-refractivity contribution < 1.29 is 24.9 Å². The van der Waals surface area contributed by atoms with Gasteiger partial charge in [-0.3, -0.25) is 20.2 Å². The fraction of sp³-hybridized carbons (Fsp3) is 0.750.